The highest BCUT2D eigenvalue weighted by atomic mass is 32.1. The van der Waals surface area contributed by atoms with Crippen LogP contribution < -0.4 is 5.48 Å². The minimum Gasteiger partial charge on any atom is -0.298 e. The molecule has 1 saturated carbocycles. The smallest absolute Gasteiger partial charge is 0.100 e. The first kappa shape index (κ1) is 10.6. The molecule has 0 aliphatic heterocycles. The van der Waals surface area contributed by atoms with Gasteiger partial charge in [0, 0.05) is 10.3 Å². The van der Waals surface area contributed by atoms with Gasteiger partial charge in [-0.2, -0.15) is 10.7 Å². The number of nitrogens with one attached hydrogen (secondary N) is 1. The summed E-state index contributed by atoms with van der Waals surface area (Å²) in [5, 5.41) is 10.5. The molecule has 0 amide bonds. The van der Waals surface area contributed by atoms with E-state index in [1.807, 2.05) is 11.4 Å². The van der Waals surface area contributed by atoms with Crippen molar-refractivity contribution in [1.29, 1.82) is 5.26 Å². The first-order valence-corrected chi connectivity index (χ1v) is 6.12. The molecule has 0 bridgehead atoms. The van der Waals surface area contributed by atoms with Crippen LogP contribution >= 0.6 is 11.3 Å². The van der Waals surface area contributed by atoms with Crippen LogP contribution in [-0.4, -0.2) is 6.10 Å². The Hall–Kier alpha value is -0.890. The summed E-state index contributed by atoms with van der Waals surface area (Å²) in [6, 6.07) is 4.02. The second-order valence-electron chi connectivity index (χ2n) is 3.76. The molecule has 1 fully saturated rings. The highest BCUT2D eigenvalue weighted by molar-refractivity contribution is 7.10. The summed E-state index contributed by atoms with van der Waals surface area (Å²) >= 11 is 1.59. The van der Waals surface area contributed by atoms with E-state index in [1.54, 1.807) is 11.3 Å². The summed E-state index contributed by atoms with van der Waals surface area (Å²) in [7, 11) is 0. The predicted octanol–water partition coefficient (Wildman–Crippen LogP) is 2.58. The van der Waals surface area contributed by atoms with Crippen LogP contribution in [0.3, 0.4) is 0 Å². The largest absolute Gasteiger partial charge is 0.298 e. The second-order valence-corrected chi connectivity index (χ2v) is 4.75. The van der Waals surface area contributed by atoms with Crippen molar-refractivity contribution in [1.82, 2.24) is 5.48 Å². The molecule has 0 atom stereocenters. The van der Waals surface area contributed by atoms with Crippen molar-refractivity contribution < 1.29 is 4.84 Å². The van der Waals surface area contributed by atoms with Gasteiger partial charge in [-0.3, -0.25) is 4.84 Å². The molecule has 15 heavy (non-hydrogen) atoms. The van der Waals surface area contributed by atoms with Gasteiger partial charge in [-0.1, -0.05) is 12.8 Å². The number of thiophene rings is 1. The van der Waals surface area contributed by atoms with Gasteiger partial charge in [0.15, 0.2) is 0 Å². The van der Waals surface area contributed by atoms with Gasteiger partial charge in [0.25, 0.3) is 0 Å². The molecule has 1 aromatic rings. The second kappa shape index (κ2) is 5.26. The number of nitrogens with zero attached hydrogens (tertiary/aromatic N) is 1. The average Bonchev–Trinajstić information content (AvgIpc) is 2.88. The van der Waals surface area contributed by atoms with Crippen molar-refractivity contribution in [2.75, 3.05) is 0 Å². The Balaban J connectivity index is 1.71. The zero-order valence-corrected chi connectivity index (χ0v) is 9.35. The van der Waals surface area contributed by atoms with E-state index >= 15 is 0 Å². The Bertz CT molecular complexity index is 350. The molecule has 1 aliphatic carbocycles. The van der Waals surface area contributed by atoms with E-state index in [0.717, 1.165) is 10.4 Å². The van der Waals surface area contributed by atoms with Crippen LogP contribution in [-0.2, 0) is 11.4 Å². The van der Waals surface area contributed by atoms with Gasteiger partial charge in [-0.05, 0) is 18.9 Å². The molecule has 0 spiro atoms. The highest BCUT2D eigenvalue weighted by Crippen LogP contribution is 2.20. The van der Waals surface area contributed by atoms with Crippen molar-refractivity contribution in [2.24, 2.45) is 0 Å². The molecule has 0 unspecified atom stereocenters. The number of rotatable bonds is 4. The molecule has 0 radical (unpaired) electrons. The Kier molecular flexibility index (Phi) is 3.73. The molecule has 4 heteroatoms. The van der Waals surface area contributed by atoms with E-state index in [1.165, 1.54) is 25.7 Å². The first-order valence-electron chi connectivity index (χ1n) is 5.24. The van der Waals surface area contributed by atoms with Crippen molar-refractivity contribution in [3.05, 3.63) is 21.9 Å². The number of nitriles is 1. The van der Waals surface area contributed by atoms with Gasteiger partial charge < -0.3 is 0 Å². The Labute approximate surface area is 93.6 Å². The van der Waals surface area contributed by atoms with Crippen molar-refractivity contribution >= 4 is 11.3 Å². The SMILES string of the molecule is N#Cc1csc(CNOC2CCCC2)c1. The minimum absolute atomic E-state index is 0.389. The zero-order valence-electron chi connectivity index (χ0n) is 8.53. The van der Waals surface area contributed by atoms with E-state index in [4.69, 9.17) is 10.1 Å². The van der Waals surface area contributed by atoms with Crippen LogP contribution in [0.2, 0.25) is 0 Å². The Morgan fingerprint density at radius 2 is 2.33 bits per heavy atom. The normalized spacial score (nSPS) is 16.7. The third-order valence-electron chi connectivity index (χ3n) is 2.58. The lowest BCUT2D eigenvalue weighted by Gasteiger charge is -2.10. The fourth-order valence-electron chi connectivity index (χ4n) is 1.77. The molecule has 80 valence electrons. The highest BCUT2D eigenvalue weighted by Gasteiger charge is 2.15. The molecule has 1 aliphatic rings. The minimum atomic E-state index is 0.389. The summed E-state index contributed by atoms with van der Waals surface area (Å²) in [4.78, 5) is 6.67. The van der Waals surface area contributed by atoms with Gasteiger partial charge in [0.1, 0.15) is 6.07 Å². The summed E-state index contributed by atoms with van der Waals surface area (Å²) in [6.07, 6.45) is 5.29. The Morgan fingerprint density at radius 3 is 3.00 bits per heavy atom. The van der Waals surface area contributed by atoms with Crippen molar-refractivity contribution in [2.45, 2.75) is 38.3 Å². The van der Waals surface area contributed by atoms with E-state index in [9.17, 15) is 0 Å². The Morgan fingerprint density at radius 1 is 1.53 bits per heavy atom. The molecule has 3 nitrogen and oxygen atoms in total. The summed E-state index contributed by atoms with van der Waals surface area (Å²) in [5.41, 5.74) is 3.72. The monoisotopic (exact) mass is 222 g/mol. The topological polar surface area (TPSA) is 45.0 Å². The molecule has 0 aromatic carbocycles. The lowest BCUT2D eigenvalue weighted by molar-refractivity contribution is -0.0239. The summed E-state index contributed by atoms with van der Waals surface area (Å²) in [5.74, 6) is 0. The van der Waals surface area contributed by atoms with Crippen LogP contribution in [0, 0.1) is 11.3 Å². The predicted molar refractivity (Wildman–Crippen MR) is 59.2 cm³/mol. The van der Waals surface area contributed by atoms with Crippen LogP contribution in [0.25, 0.3) is 0 Å². The molecule has 1 aromatic heterocycles. The standard InChI is InChI=1S/C11H14N2OS/c12-6-9-5-11(15-8-9)7-13-14-10-3-1-2-4-10/h5,8,10,13H,1-4,7H2. The van der Waals surface area contributed by atoms with Crippen LogP contribution in [0.5, 0.6) is 0 Å². The third-order valence-corrected chi connectivity index (χ3v) is 3.52. The average molecular weight is 222 g/mol. The van der Waals surface area contributed by atoms with E-state index in [0.29, 0.717) is 12.6 Å². The van der Waals surface area contributed by atoms with Gasteiger partial charge in [0.05, 0.1) is 18.2 Å². The molecule has 1 heterocycles. The van der Waals surface area contributed by atoms with E-state index in [2.05, 4.69) is 11.5 Å². The van der Waals surface area contributed by atoms with Crippen LogP contribution in [0.15, 0.2) is 11.4 Å². The fourth-order valence-corrected chi connectivity index (χ4v) is 2.51. The molecule has 2 rings (SSSR count). The maximum Gasteiger partial charge on any atom is 0.100 e. The van der Waals surface area contributed by atoms with Gasteiger partial charge in [-0.15, -0.1) is 11.3 Å². The van der Waals surface area contributed by atoms with Gasteiger partial charge in [-0.25, -0.2) is 0 Å². The van der Waals surface area contributed by atoms with Crippen LogP contribution in [0.4, 0.5) is 0 Å². The molecular weight excluding hydrogens is 208 g/mol. The third kappa shape index (κ3) is 3.03. The zero-order chi connectivity index (χ0) is 10.5. The number of hydrogen-bond acceptors (Lipinski definition) is 4. The van der Waals surface area contributed by atoms with Crippen molar-refractivity contribution in [3.63, 3.8) is 0 Å². The number of hydroxylamine groups is 1. The molecule has 0 saturated heterocycles. The van der Waals surface area contributed by atoms with E-state index in [-0.39, 0.29) is 0 Å². The van der Waals surface area contributed by atoms with Crippen molar-refractivity contribution in [3.8, 4) is 6.07 Å². The quantitative estimate of drug-likeness (QED) is 0.796. The lowest BCUT2D eigenvalue weighted by Crippen LogP contribution is -2.20. The number of hydrogen-bond donors (Lipinski definition) is 1. The molecular formula is C11H14N2OS. The summed E-state index contributed by atoms with van der Waals surface area (Å²) < 4.78 is 0. The fraction of sp³-hybridized carbons (Fsp3) is 0.545. The molecule has 1 N–H and O–H groups in total. The lowest BCUT2D eigenvalue weighted by atomic mass is 10.3. The first-order chi connectivity index (χ1) is 7.38. The van der Waals surface area contributed by atoms with E-state index < -0.39 is 0 Å². The summed E-state index contributed by atoms with van der Waals surface area (Å²) in [6.45, 7) is 0.697. The maximum atomic E-state index is 8.65. The maximum absolute atomic E-state index is 8.65. The van der Waals surface area contributed by atoms with Gasteiger partial charge in [0.2, 0.25) is 0 Å². The van der Waals surface area contributed by atoms with Gasteiger partial charge >= 0.3 is 0 Å². The van der Waals surface area contributed by atoms with Crippen LogP contribution in [0.1, 0.15) is 36.1 Å².